The molecule has 4 heterocycles. The standard InChI is InChI=1S/C18H11F4N5O/c1-28-15-5-3-12(9-24-15)27-16-14(6-10(7-25-16)18(20,21)22)26-17(27)13-4-2-11(19)8-23-13/h2-9H,1H3. The lowest BCUT2D eigenvalue weighted by Gasteiger charge is -2.09. The normalized spacial score (nSPS) is 11.8. The first-order chi connectivity index (χ1) is 13.4. The topological polar surface area (TPSA) is 65.7 Å². The van der Waals surface area contributed by atoms with E-state index < -0.39 is 17.6 Å². The first-order valence-corrected chi connectivity index (χ1v) is 7.95. The van der Waals surface area contributed by atoms with Gasteiger partial charge in [0.25, 0.3) is 0 Å². The van der Waals surface area contributed by atoms with E-state index in [1.807, 2.05) is 0 Å². The van der Waals surface area contributed by atoms with Crippen LogP contribution >= 0.6 is 0 Å². The Bertz CT molecular complexity index is 1140. The lowest BCUT2D eigenvalue weighted by atomic mass is 10.2. The van der Waals surface area contributed by atoms with E-state index in [1.54, 1.807) is 12.1 Å². The van der Waals surface area contributed by atoms with Crippen LogP contribution in [0.15, 0.2) is 48.9 Å². The third-order valence-electron chi connectivity index (χ3n) is 3.97. The number of rotatable bonds is 3. The van der Waals surface area contributed by atoms with Crippen LogP contribution in [0.5, 0.6) is 5.88 Å². The maximum absolute atomic E-state index is 13.2. The van der Waals surface area contributed by atoms with Gasteiger partial charge >= 0.3 is 6.18 Å². The Morgan fingerprint density at radius 3 is 2.39 bits per heavy atom. The smallest absolute Gasteiger partial charge is 0.417 e. The van der Waals surface area contributed by atoms with Crippen molar-refractivity contribution in [3.05, 3.63) is 60.3 Å². The highest BCUT2D eigenvalue weighted by Crippen LogP contribution is 2.32. The average molecular weight is 389 g/mol. The van der Waals surface area contributed by atoms with Crippen LogP contribution in [0.4, 0.5) is 17.6 Å². The molecule has 0 saturated carbocycles. The molecule has 0 aliphatic carbocycles. The quantitative estimate of drug-likeness (QED) is 0.495. The van der Waals surface area contributed by atoms with Crippen molar-refractivity contribution in [2.45, 2.75) is 6.18 Å². The summed E-state index contributed by atoms with van der Waals surface area (Å²) in [5, 5.41) is 0. The molecule has 4 rings (SSSR count). The van der Waals surface area contributed by atoms with E-state index in [0.717, 1.165) is 18.5 Å². The Hall–Kier alpha value is -3.56. The zero-order chi connectivity index (χ0) is 19.9. The molecule has 0 aromatic carbocycles. The summed E-state index contributed by atoms with van der Waals surface area (Å²) in [6, 6.07) is 6.72. The molecule has 10 heteroatoms. The van der Waals surface area contributed by atoms with Crippen molar-refractivity contribution in [3.8, 4) is 23.1 Å². The zero-order valence-corrected chi connectivity index (χ0v) is 14.3. The predicted octanol–water partition coefficient (Wildman–Crippen LogP) is 4.04. The van der Waals surface area contributed by atoms with Crippen molar-refractivity contribution in [1.82, 2.24) is 24.5 Å². The molecule has 0 radical (unpaired) electrons. The Balaban J connectivity index is 1.98. The molecule has 6 nitrogen and oxygen atoms in total. The van der Waals surface area contributed by atoms with Gasteiger partial charge in [-0.25, -0.2) is 24.3 Å². The molecule has 0 saturated heterocycles. The Morgan fingerprint density at radius 2 is 1.79 bits per heavy atom. The number of halogens is 4. The molecule has 4 aromatic heterocycles. The molecule has 0 N–H and O–H groups in total. The fourth-order valence-electron chi connectivity index (χ4n) is 2.67. The number of methoxy groups -OCH3 is 1. The number of pyridine rings is 3. The highest BCUT2D eigenvalue weighted by molar-refractivity contribution is 5.79. The van der Waals surface area contributed by atoms with Crippen LogP contribution in [-0.4, -0.2) is 31.6 Å². The van der Waals surface area contributed by atoms with E-state index in [1.165, 1.54) is 30.0 Å². The molecule has 0 aliphatic rings. The van der Waals surface area contributed by atoms with E-state index in [-0.39, 0.29) is 22.7 Å². The fourth-order valence-corrected chi connectivity index (χ4v) is 2.67. The summed E-state index contributed by atoms with van der Waals surface area (Å²) in [6.45, 7) is 0. The van der Waals surface area contributed by atoms with Crippen LogP contribution in [0, 0.1) is 5.82 Å². The maximum atomic E-state index is 13.2. The summed E-state index contributed by atoms with van der Waals surface area (Å²) in [7, 11) is 1.46. The Labute approximate surface area is 155 Å². The van der Waals surface area contributed by atoms with E-state index in [2.05, 4.69) is 19.9 Å². The van der Waals surface area contributed by atoms with Gasteiger partial charge in [-0.1, -0.05) is 0 Å². The second kappa shape index (κ2) is 6.55. The molecule has 0 aliphatic heterocycles. The molecule has 28 heavy (non-hydrogen) atoms. The summed E-state index contributed by atoms with van der Waals surface area (Å²) in [5.74, 6) is 0.0192. The van der Waals surface area contributed by atoms with Crippen molar-refractivity contribution < 1.29 is 22.3 Å². The SMILES string of the molecule is COc1ccc(-n2c(-c3ccc(F)cn3)nc3cc(C(F)(F)F)cnc32)cn1. The molecule has 142 valence electrons. The molecule has 4 aromatic rings. The minimum absolute atomic E-state index is 0.0202. The largest absolute Gasteiger partial charge is 0.481 e. The molecule has 0 amide bonds. The zero-order valence-electron chi connectivity index (χ0n) is 14.3. The first kappa shape index (κ1) is 17.8. The molecule has 0 unspecified atom stereocenters. The monoisotopic (exact) mass is 389 g/mol. The molecule has 0 fully saturated rings. The summed E-state index contributed by atoms with van der Waals surface area (Å²) in [4.78, 5) is 16.3. The van der Waals surface area contributed by atoms with Crippen molar-refractivity contribution in [2.24, 2.45) is 0 Å². The fraction of sp³-hybridized carbons (Fsp3) is 0.111. The third-order valence-corrected chi connectivity index (χ3v) is 3.97. The molecular formula is C18H11F4N5O. The van der Waals surface area contributed by atoms with Crippen LogP contribution in [0.25, 0.3) is 28.4 Å². The van der Waals surface area contributed by atoms with Crippen LogP contribution in [0.2, 0.25) is 0 Å². The average Bonchev–Trinajstić information content (AvgIpc) is 3.06. The van der Waals surface area contributed by atoms with E-state index in [4.69, 9.17) is 4.74 Å². The van der Waals surface area contributed by atoms with Gasteiger partial charge in [-0.2, -0.15) is 13.2 Å². The van der Waals surface area contributed by atoms with Gasteiger partial charge in [0.15, 0.2) is 11.5 Å². The highest BCUT2D eigenvalue weighted by Gasteiger charge is 2.32. The van der Waals surface area contributed by atoms with Gasteiger partial charge in [0, 0.05) is 12.3 Å². The van der Waals surface area contributed by atoms with Crippen molar-refractivity contribution >= 4 is 11.2 Å². The van der Waals surface area contributed by atoms with Crippen LogP contribution in [-0.2, 0) is 6.18 Å². The van der Waals surface area contributed by atoms with E-state index in [0.29, 0.717) is 11.6 Å². The van der Waals surface area contributed by atoms with Crippen molar-refractivity contribution in [3.63, 3.8) is 0 Å². The third kappa shape index (κ3) is 3.13. The minimum Gasteiger partial charge on any atom is -0.481 e. The number of hydrogen-bond acceptors (Lipinski definition) is 5. The van der Waals surface area contributed by atoms with Crippen LogP contribution < -0.4 is 4.74 Å². The van der Waals surface area contributed by atoms with Gasteiger partial charge in [-0.05, 0) is 24.3 Å². The number of ether oxygens (including phenoxy) is 1. The number of alkyl halides is 3. The number of fused-ring (bicyclic) bond motifs is 1. The summed E-state index contributed by atoms with van der Waals surface area (Å²) in [6.07, 6.45) is -1.35. The van der Waals surface area contributed by atoms with Gasteiger partial charge in [0.1, 0.15) is 17.0 Å². The van der Waals surface area contributed by atoms with E-state index >= 15 is 0 Å². The Kier molecular flexibility index (Phi) is 4.17. The lowest BCUT2D eigenvalue weighted by molar-refractivity contribution is -0.137. The van der Waals surface area contributed by atoms with Crippen LogP contribution in [0.1, 0.15) is 5.56 Å². The first-order valence-electron chi connectivity index (χ1n) is 7.95. The minimum atomic E-state index is -4.55. The molecule has 0 atom stereocenters. The second-order valence-corrected chi connectivity index (χ2v) is 5.76. The number of aromatic nitrogens is 5. The Morgan fingerprint density at radius 1 is 0.964 bits per heavy atom. The van der Waals surface area contributed by atoms with Crippen molar-refractivity contribution in [2.75, 3.05) is 7.11 Å². The van der Waals surface area contributed by atoms with Gasteiger partial charge in [-0.15, -0.1) is 0 Å². The number of imidazole rings is 1. The lowest BCUT2D eigenvalue weighted by Crippen LogP contribution is -2.06. The number of nitrogens with zero attached hydrogens (tertiary/aromatic N) is 5. The number of hydrogen-bond donors (Lipinski definition) is 0. The van der Waals surface area contributed by atoms with Gasteiger partial charge in [0.05, 0.1) is 30.8 Å². The summed E-state index contributed by atoms with van der Waals surface area (Å²) < 4.78 is 58.9. The summed E-state index contributed by atoms with van der Waals surface area (Å²) >= 11 is 0. The molecule has 0 spiro atoms. The highest BCUT2D eigenvalue weighted by atomic mass is 19.4. The van der Waals surface area contributed by atoms with E-state index in [9.17, 15) is 17.6 Å². The van der Waals surface area contributed by atoms with Gasteiger partial charge in [0.2, 0.25) is 5.88 Å². The summed E-state index contributed by atoms with van der Waals surface area (Å²) in [5.41, 5.74) is 0.0319. The van der Waals surface area contributed by atoms with Gasteiger partial charge < -0.3 is 4.74 Å². The molecule has 0 bridgehead atoms. The van der Waals surface area contributed by atoms with Crippen molar-refractivity contribution in [1.29, 1.82) is 0 Å². The maximum Gasteiger partial charge on any atom is 0.417 e. The van der Waals surface area contributed by atoms with Gasteiger partial charge in [-0.3, -0.25) is 4.57 Å². The second-order valence-electron chi connectivity index (χ2n) is 5.76. The predicted molar refractivity (Wildman–Crippen MR) is 91.4 cm³/mol. The molecular weight excluding hydrogens is 378 g/mol. The van der Waals surface area contributed by atoms with Crippen LogP contribution in [0.3, 0.4) is 0 Å².